The van der Waals surface area contributed by atoms with Gasteiger partial charge in [0.2, 0.25) is 0 Å². The minimum atomic E-state index is -3.55. The highest BCUT2D eigenvalue weighted by Crippen LogP contribution is 2.25. The molecule has 0 saturated heterocycles. The highest BCUT2D eigenvalue weighted by molar-refractivity contribution is 9.10. The summed E-state index contributed by atoms with van der Waals surface area (Å²) in [5.41, 5.74) is 2.03. The fraction of sp³-hybridized carbons (Fsp3) is 0.500. The Balaban J connectivity index is 2.99. The van der Waals surface area contributed by atoms with Crippen LogP contribution in [0.4, 0.5) is 5.69 Å². The number of halogens is 1. The molecule has 0 aliphatic heterocycles. The van der Waals surface area contributed by atoms with Gasteiger partial charge in [0, 0.05) is 10.0 Å². The van der Waals surface area contributed by atoms with Crippen molar-refractivity contribution in [1.29, 1.82) is 0 Å². The Morgan fingerprint density at radius 3 is 1.94 bits per heavy atom. The van der Waals surface area contributed by atoms with Gasteiger partial charge in [-0.1, -0.05) is 15.9 Å². The van der Waals surface area contributed by atoms with Gasteiger partial charge in [-0.05, 0) is 57.9 Å². The van der Waals surface area contributed by atoms with Gasteiger partial charge < -0.3 is 0 Å². The molecule has 0 unspecified atom stereocenters. The number of anilines is 1. The Kier molecular flexibility index (Phi) is 4.46. The molecule has 0 aliphatic carbocycles. The van der Waals surface area contributed by atoms with Crippen LogP contribution in [-0.4, -0.2) is 14.0 Å². The topological polar surface area (TPSA) is 58.2 Å². The second-order valence-corrected chi connectivity index (χ2v) is 7.59. The number of nitrogens with one attached hydrogen (secondary N) is 2. The smallest absolute Gasteiger partial charge is 0.271 e. The third kappa shape index (κ3) is 4.59. The fourth-order valence-electron chi connectivity index (χ4n) is 1.59. The van der Waals surface area contributed by atoms with Crippen LogP contribution in [0.5, 0.6) is 0 Å². The lowest BCUT2D eigenvalue weighted by atomic mass is 10.1. The van der Waals surface area contributed by atoms with Gasteiger partial charge >= 0.3 is 0 Å². The maximum absolute atomic E-state index is 11.9. The SMILES string of the molecule is Cc1cc(NS(=O)(=O)NC(C)(C)C)cc(C)c1Br. The molecule has 0 amide bonds. The molecule has 0 spiro atoms. The molecule has 0 heterocycles. The number of rotatable bonds is 3. The zero-order valence-corrected chi connectivity index (χ0v) is 13.7. The molecule has 0 atom stereocenters. The van der Waals surface area contributed by atoms with Crippen LogP contribution < -0.4 is 9.44 Å². The first-order chi connectivity index (χ1) is 8.00. The van der Waals surface area contributed by atoms with Crippen molar-refractivity contribution >= 4 is 31.8 Å². The van der Waals surface area contributed by atoms with Crippen LogP contribution >= 0.6 is 15.9 Å². The molecule has 1 aromatic carbocycles. The van der Waals surface area contributed by atoms with E-state index in [0.29, 0.717) is 5.69 Å². The maximum atomic E-state index is 11.9. The molecule has 0 bridgehead atoms. The van der Waals surface area contributed by atoms with E-state index in [1.165, 1.54) is 0 Å². The van der Waals surface area contributed by atoms with Gasteiger partial charge in [0.25, 0.3) is 10.2 Å². The van der Waals surface area contributed by atoms with Crippen LogP contribution in [-0.2, 0) is 10.2 Å². The van der Waals surface area contributed by atoms with E-state index in [1.54, 1.807) is 32.9 Å². The van der Waals surface area contributed by atoms with Gasteiger partial charge in [-0.3, -0.25) is 4.72 Å². The van der Waals surface area contributed by atoms with Crippen molar-refractivity contribution in [3.8, 4) is 0 Å². The molecule has 0 aromatic heterocycles. The molecule has 4 nitrogen and oxygen atoms in total. The van der Waals surface area contributed by atoms with Gasteiger partial charge in [-0.15, -0.1) is 0 Å². The van der Waals surface area contributed by atoms with Crippen LogP contribution in [0, 0.1) is 13.8 Å². The summed E-state index contributed by atoms with van der Waals surface area (Å²) < 4.78 is 29.8. The lowest BCUT2D eigenvalue weighted by Crippen LogP contribution is -2.43. The van der Waals surface area contributed by atoms with Crippen molar-refractivity contribution in [2.24, 2.45) is 0 Å². The van der Waals surface area contributed by atoms with Gasteiger partial charge in [0.1, 0.15) is 0 Å². The summed E-state index contributed by atoms with van der Waals surface area (Å²) in [5, 5.41) is 0. The second kappa shape index (κ2) is 5.19. The van der Waals surface area contributed by atoms with Crippen LogP contribution in [0.3, 0.4) is 0 Å². The van der Waals surface area contributed by atoms with Crippen molar-refractivity contribution in [3.05, 3.63) is 27.7 Å². The monoisotopic (exact) mass is 334 g/mol. The summed E-state index contributed by atoms with van der Waals surface area (Å²) in [7, 11) is -3.55. The molecule has 1 rings (SSSR count). The summed E-state index contributed by atoms with van der Waals surface area (Å²) in [4.78, 5) is 0. The van der Waals surface area contributed by atoms with E-state index in [4.69, 9.17) is 0 Å². The quantitative estimate of drug-likeness (QED) is 0.892. The Labute approximate surface area is 117 Å². The minimum Gasteiger partial charge on any atom is -0.271 e. The molecule has 0 radical (unpaired) electrons. The van der Waals surface area contributed by atoms with E-state index in [1.807, 2.05) is 13.8 Å². The molecule has 0 fully saturated rings. The molecule has 6 heteroatoms. The Morgan fingerprint density at radius 2 is 1.56 bits per heavy atom. The predicted octanol–water partition coefficient (Wildman–Crippen LogP) is 3.11. The summed E-state index contributed by atoms with van der Waals surface area (Å²) in [5.74, 6) is 0. The predicted molar refractivity (Wildman–Crippen MR) is 79.0 cm³/mol. The minimum absolute atomic E-state index is 0.509. The molecule has 2 N–H and O–H groups in total. The highest BCUT2D eigenvalue weighted by atomic mass is 79.9. The molecule has 18 heavy (non-hydrogen) atoms. The lowest BCUT2D eigenvalue weighted by Gasteiger charge is -2.21. The normalized spacial score (nSPS) is 12.6. The van der Waals surface area contributed by atoms with Crippen molar-refractivity contribution in [1.82, 2.24) is 4.72 Å². The first-order valence-electron chi connectivity index (χ1n) is 5.59. The van der Waals surface area contributed by atoms with Crippen LogP contribution in [0.25, 0.3) is 0 Å². The van der Waals surface area contributed by atoms with Crippen LogP contribution in [0.1, 0.15) is 31.9 Å². The lowest BCUT2D eigenvalue weighted by molar-refractivity contribution is 0.494. The second-order valence-electron chi connectivity index (χ2n) is 5.38. The van der Waals surface area contributed by atoms with E-state index in [0.717, 1.165) is 15.6 Å². The number of hydrogen-bond acceptors (Lipinski definition) is 2. The average Bonchev–Trinajstić information content (AvgIpc) is 2.08. The van der Waals surface area contributed by atoms with Crippen molar-refractivity contribution in [2.75, 3.05) is 4.72 Å². The van der Waals surface area contributed by atoms with Gasteiger partial charge in [-0.2, -0.15) is 13.1 Å². The Hall–Kier alpha value is -0.590. The largest absolute Gasteiger partial charge is 0.299 e. The summed E-state index contributed by atoms with van der Waals surface area (Å²) in [6, 6.07) is 3.58. The molecule has 1 aromatic rings. The van der Waals surface area contributed by atoms with E-state index in [2.05, 4.69) is 25.4 Å². The third-order valence-corrected chi connectivity index (χ3v) is 4.77. The fourth-order valence-corrected chi connectivity index (χ4v) is 3.10. The maximum Gasteiger partial charge on any atom is 0.299 e. The third-order valence-electron chi connectivity index (χ3n) is 2.13. The number of aryl methyl sites for hydroxylation is 2. The van der Waals surface area contributed by atoms with Crippen molar-refractivity contribution < 1.29 is 8.42 Å². The first-order valence-corrected chi connectivity index (χ1v) is 7.86. The summed E-state index contributed by atoms with van der Waals surface area (Å²) >= 11 is 3.45. The van der Waals surface area contributed by atoms with Gasteiger partial charge in [0.15, 0.2) is 0 Å². The summed E-state index contributed by atoms with van der Waals surface area (Å²) in [6.07, 6.45) is 0. The zero-order valence-electron chi connectivity index (χ0n) is 11.3. The van der Waals surface area contributed by atoms with E-state index >= 15 is 0 Å². The molecule has 0 saturated carbocycles. The Bertz CT molecular complexity index is 525. The summed E-state index contributed by atoms with van der Waals surface area (Å²) in [6.45, 7) is 9.23. The first kappa shape index (κ1) is 15.5. The van der Waals surface area contributed by atoms with E-state index in [-0.39, 0.29) is 0 Å². The van der Waals surface area contributed by atoms with Crippen LogP contribution in [0.15, 0.2) is 16.6 Å². The Morgan fingerprint density at radius 1 is 1.11 bits per heavy atom. The van der Waals surface area contributed by atoms with E-state index < -0.39 is 15.7 Å². The van der Waals surface area contributed by atoms with Crippen molar-refractivity contribution in [2.45, 2.75) is 40.2 Å². The molecule has 0 aliphatic rings. The average molecular weight is 335 g/mol. The van der Waals surface area contributed by atoms with Gasteiger partial charge in [-0.25, -0.2) is 0 Å². The van der Waals surface area contributed by atoms with Crippen LogP contribution in [0.2, 0.25) is 0 Å². The van der Waals surface area contributed by atoms with E-state index in [9.17, 15) is 8.42 Å². The molecule has 102 valence electrons. The number of benzene rings is 1. The highest BCUT2D eigenvalue weighted by Gasteiger charge is 2.19. The standard InChI is InChI=1S/C12H19BrN2O2S/c1-8-6-10(7-9(2)11(8)13)14-18(16,17)15-12(3,4)5/h6-7,14-15H,1-5H3. The molecular formula is C12H19BrN2O2S. The van der Waals surface area contributed by atoms with Gasteiger partial charge in [0.05, 0.1) is 5.69 Å². The van der Waals surface area contributed by atoms with Crippen molar-refractivity contribution in [3.63, 3.8) is 0 Å². The number of hydrogen-bond donors (Lipinski definition) is 2. The molecular weight excluding hydrogens is 316 g/mol. The zero-order chi connectivity index (χ0) is 14.1.